The Labute approximate surface area is 193 Å². The van der Waals surface area contributed by atoms with Crippen molar-refractivity contribution in [2.24, 2.45) is 0 Å². The molecular weight excluding hydrogens is 414 g/mol. The van der Waals surface area contributed by atoms with Crippen molar-refractivity contribution in [3.63, 3.8) is 0 Å². The van der Waals surface area contributed by atoms with Crippen molar-refractivity contribution in [1.29, 1.82) is 0 Å². The predicted octanol–water partition coefficient (Wildman–Crippen LogP) is 5.18. The average Bonchev–Trinajstić information content (AvgIpc) is 3.17. The van der Waals surface area contributed by atoms with Crippen molar-refractivity contribution < 1.29 is 14.3 Å². The number of ketones is 1. The molecule has 0 unspecified atom stereocenters. The lowest BCUT2D eigenvalue weighted by Gasteiger charge is -2.28. The quantitative estimate of drug-likeness (QED) is 0.390. The molecule has 2 aromatic carbocycles. The van der Waals surface area contributed by atoms with Gasteiger partial charge in [-0.05, 0) is 66.9 Å². The Balaban J connectivity index is 1.56. The van der Waals surface area contributed by atoms with E-state index in [0.717, 1.165) is 29.9 Å². The molecule has 0 bridgehead atoms. The third kappa shape index (κ3) is 4.37. The van der Waals surface area contributed by atoms with E-state index in [0.29, 0.717) is 16.8 Å². The van der Waals surface area contributed by atoms with Gasteiger partial charge in [-0.2, -0.15) is 0 Å². The molecule has 1 amide bonds. The molecule has 0 aliphatic carbocycles. The van der Waals surface area contributed by atoms with E-state index >= 15 is 0 Å². The van der Waals surface area contributed by atoms with Crippen molar-refractivity contribution in [3.8, 4) is 5.75 Å². The van der Waals surface area contributed by atoms with Crippen molar-refractivity contribution in [2.45, 2.75) is 32.2 Å². The second kappa shape index (κ2) is 9.28. The van der Waals surface area contributed by atoms with Crippen LogP contribution in [0.15, 0.2) is 73.1 Å². The van der Waals surface area contributed by atoms with E-state index in [2.05, 4.69) is 35.5 Å². The number of nitrogens with one attached hydrogen (secondary N) is 2. The molecule has 0 atom stereocenters. The monoisotopic (exact) mass is 441 g/mol. The van der Waals surface area contributed by atoms with Crippen LogP contribution in [0.2, 0.25) is 0 Å². The number of pyridine rings is 1. The SMILES string of the molecule is CCC1(CC)N/C(=C\C(=O)c2ccc(NC(=O)c3ccncc3)cc2)c2cc(OC)ccc21. The molecule has 0 fully saturated rings. The zero-order valence-corrected chi connectivity index (χ0v) is 19.0. The topological polar surface area (TPSA) is 80.3 Å². The molecule has 6 nitrogen and oxygen atoms in total. The number of nitrogens with zero attached hydrogens (tertiary/aromatic N) is 1. The van der Waals surface area contributed by atoms with Gasteiger partial charge < -0.3 is 15.4 Å². The van der Waals surface area contributed by atoms with Gasteiger partial charge in [0.2, 0.25) is 0 Å². The molecule has 3 aromatic rings. The molecular formula is C27H27N3O3. The first kappa shape index (κ1) is 22.3. The average molecular weight is 442 g/mol. The van der Waals surface area contributed by atoms with Gasteiger partial charge in [-0.25, -0.2) is 0 Å². The molecule has 2 N–H and O–H groups in total. The molecule has 4 rings (SSSR count). The van der Waals surface area contributed by atoms with Crippen molar-refractivity contribution >= 4 is 23.1 Å². The minimum absolute atomic E-state index is 0.110. The van der Waals surface area contributed by atoms with Gasteiger partial charge >= 0.3 is 0 Å². The van der Waals surface area contributed by atoms with Crippen LogP contribution in [0.3, 0.4) is 0 Å². The molecule has 0 radical (unpaired) electrons. The summed E-state index contributed by atoms with van der Waals surface area (Å²) in [6.45, 7) is 4.29. The fourth-order valence-corrected chi connectivity index (χ4v) is 4.24. The number of carbonyl (C=O) groups is 2. The Kier molecular flexibility index (Phi) is 6.27. The van der Waals surface area contributed by atoms with Crippen LogP contribution in [-0.4, -0.2) is 23.8 Å². The van der Waals surface area contributed by atoms with E-state index in [1.54, 1.807) is 62.0 Å². The highest BCUT2D eigenvalue weighted by Crippen LogP contribution is 2.43. The number of amides is 1. The predicted molar refractivity (Wildman–Crippen MR) is 129 cm³/mol. The fraction of sp³-hybridized carbons (Fsp3) is 0.222. The van der Waals surface area contributed by atoms with Gasteiger partial charge in [0, 0.05) is 46.5 Å². The summed E-state index contributed by atoms with van der Waals surface area (Å²) in [7, 11) is 1.64. The molecule has 0 spiro atoms. The van der Waals surface area contributed by atoms with Crippen molar-refractivity contribution in [2.75, 3.05) is 12.4 Å². The molecule has 0 saturated carbocycles. The molecule has 1 aliphatic heterocycles. The largest absolute Gasteiger partial charge is 0.497 e. The first-order valence-corrected chi connectivity index (χ1v) is 11.0. The van der Waals surface area contributed by atoms with Gasteiger partial charge in [0.25, 0.3) is 5.91 Å². The molecule has 0 saturated heterocycles. The lowest BCUT2D eigenvalue weighted by molar-refractivity contribution is 0.102. The van der Waals surface area contributed by atoms with Crippen LogP contribution in [0.4, 0.5) is 5.69 Å². The summed E-state index contributed by atoms with van der Waals surface area (Å²) in [4.78, 5) is 29.3. The van der Waals surface area contributed by atoms with Gasteiger partial charge in [-0.1, -0.05) is 19.9 Å². The zero-order valence-electron chi connectivity index (χ0n) is 19.0. The normalized spacial score (nSPS) is 14.9. The minimum atomic E-state index is -0.227. The van der Waals surface area contributed by atoms with E-state index in [1.807, 2.05) is 12.1 Å². The smallest absolute Gasteiger partial charge is 0.255 e. The van der Waals surface area contributed by atoms with Crippen LogP contribution < -0.4 is 15.4 Å². The summed E-state index contributed by atoms with van der Waals surface area (Å²) in [5.41, 5.74) is 4.45. The summed E-state index contributed by atoms with van der Waals surface area (Å²) in [6, 6.07) is 16.2. The number of benzene rings is 2. The maximum Gasteiger partial charge on any atom is 0.255 e. The van der Waals surface area contributed by atoms with Crippen LogP contribution in [0.5, 0.6) is 5.75 Å². The summed E-state index contributed by atoms with van der Waals surface area (Å²) in [5.74, 6) is 0.419. The highest BCUT2D eigenvalue weighted by Gasteiger charge is 2.38. The Morgan fingerprint density at radius 3 is 2.33 bits per heavy atom. The van der Waals surface area contributed by atoms with Crippen molar-refractivity contribution in [3.05, 3.63) is 95.3 Å². The number of rotatable bonds is 7. The Morgan fingerprint density at radius 1 is 1.00 bits per heavy atom. The molecule has 1 aliphatic rings. The van der Waals surface area contributed by atoms with Crippen LogP contribution >= 0.6 is 0 Å². The Morgan fingerprint density at radius 2 is 1.70 bits per heavy atom. The fourth-order valence-electron chi connectivity index (χ4n) is 4.24. The van der Waals surface area contributed by atoms with E-state index < -0.39 is 0 Å². The standard InChI is InChI=1S/C27H27N3O3/c1-4-27(5-2)23-11-10-21(33-3)16-22(23)24(30-27)17-25(31)18-6-8-20(9-7-18)29-26(32)19-12-14-28-15-13-19/h6-17,30H,4-5H2,1-3H3,(H,29,32)/b24-17-. The van der Waals surface area contributed by atoms with Gasteiger partial charge in [-0.3, -0.25) is 14.6 Å². The van der Waals surface area contributed by atoms with Gasteiger partial charge in [0.15, 0.2) is 5.78 Å². The van der Waals surface area contributed by atoms with Crippen LogP contribution in [0.25, 0.3) is 5.70 Å². The van der Waals surface area contributed by atoms with Crippen LogP contribution in [0.1, 0.15) is 58.5 Å². The number of allylic oxidation sites excluding steroid dienone is 1. The number of hydrogen-bond acceptors (Lipinski definition) is 5. The Bertz CT molecular complexity index is 1200. The number of methoxy groups -OCH3 is 1. The Hall–Kier alpha value is -3.93. The zero-order chi connectivity index (χ0) is 23.4. The molecule has 6 heteroatoms. The summed E-state index contributed by atoms with van der Waals surface area (Å²) < 4.78 is 5.41. The minimum Gasteiger partial charge on any atom is -0.497 e. The van der Waals surface area contributed by atoms with E-state index in [9.17, 15) is 9.59 Å². The number of hydrogen-bond donors (Lipinski definition) is 2. The van der Waals surface area contributed by atoms with Crippen LogP contribution in [0, 0.1) is 0 Å². The van der Waals surface area contributed by atoms with Crippen LogP contribution in [-0.2, 0) is 5.54 Å². The number of fused-ring (bicyclic) bond motifs is 1. The maximum atomic E-state index is 13.1. The second-order valence-corrected chi connectivity index (χ2v) is 8.02. The van der Waals surface area contributed by atoms with E-state index in [-0.39, 0.29) is 17.2 Å². The first-order chi connectivity index (χ1) is 16.0. The number of anilines is 1. The lowest BCUT2D eigenvalue weighted by Crippen LogP contribution is -2.34. The van der Waals surface area contributed by atoms with E-state index in [1.165, 1.54) is 5.56 Å². The number of carbonyl (C=O) groups excluding carboxylic acids is 2. The molecule has 33 heavy (non-hydrogen) atoms. The number of aromatic nitrogens is 1. The van der Waals surface area contributed by atoms with Gasteiger partial charge in [0.05, 0.1) is 12.6 Å². The number of ether oxygens (including phenoxy) is 1. The summed E-state index contributed by atoms with van der Waals surface area (Å²) >= 11 is 0. The second-order valence-electron chi connectivity index (χ2n) is 8.02. The highest BCUT2D eigenvalue weighted by atomic mass is 16.5. The molecule has 1 aromatic heterocycles. The first-order valence-electron chi connectivity index (χ1n) is 11.0. The van der Waals surface area contributed by atoms with Crippen molar-refractivity contribution in [1.82, 2.24) is 10.3 Å². The van der Waals surface area contributed by atoms with Gasteiger partial charge in [-0.15, -0.1) is 0 Å². The maximum absolute atomic E-state index is 13.1. The summed E-state index contributed by atoms with van der Waals surface area (Å²) in [5, 5.41) is 6.43. The molecule has 2 heterocycles. The third-order valence-corrected chi connectivity index (χ3v) is 6.26. The molecule has 168 valence electrons. The lowest BCUT2D eigenvalue weighted by atomic mass is 9.85. The third-order valence-electron chi connectivity index (χ3n) is 6.26. The highest BCUT2D eigenvalue weighted by molar-refractivity contribution is 6.09. The summed E-state index contributed by atoms with van der Waals surface area (Å²) in [6.07, 6.45) is 6.60. The van der Waals surface area contributed by atoms with Gasteiger partial charge in [0.1, 0.15) is 5.75 Å². The van der Waals surface area contributed by atoms with E-state index in [4.69, 9.17) is 4.74 Å².